The maximum absolute atomic E-state index is 13.1. The number of allylic oxidation sites excluding steroid dienone is 2. The van der Waals surface area contributed by atoms with Crippen molar-refractivity contribution in [3.8, 4) is 0 Å². The molecule has 0 radical (unpaired) electrons. The maximum atomic E-state index is 13.1. The van der Waals surface area contributed by atoms with Crippen molar-refractivity contribution >= 4 is 22.7 Å². The van der Waals surface area contributed by atoms with Gasteiger partial charge in [0.15, 0.2) is 0 Å². The van der Waals surface area contributed by atoms with Gasteiger partial charge in [-0.1, -0.05) is 48.9 Å². The zero-order chi connectivity index (χ0) is 17.9. The minimum atomic E-state index is 0.215. The number of para-hydroxylation sites is 1. The fourth-order valence-corrected chi connectivity index (χ4v) is 4.10. The largest absolute Gasteiger partial charge is 0.330 e. The van der Waals surface area contributed by atoms with E-state index in [-0.39, 0.29) is 5.91 Å². The Kier molecular flexibility index (Phi) is 4.89. The van der Waals surface area contributed by atoms with Gasteiger partial charge in [0.1, 0.15) is 0 Å². The van der Waals surface area contributed by atoms with Crippen molar-refractivity contribution in [1.29, 1.82) is 0 Å². The first-order chi connectivity index (χ1) is 12.8. The van der Waals surface area contributed by atoms with E-state index >= 15 is 0 Å². The lowest BCUT2D eigenvalue weighted by Gasteiger charge is -2.35. The molecule has 2 aromatic carbocycles. The quantitative estimate of drug-likeness (QED) is 0.794. The SMILES string of the molecule is NCCCCCC(=O)N1Cc2ccccc2C2=C(CC2)c2ccccc21. The number of unbranched alkanes of at least 4 members (excludes halogenated alkanes) is 2. The summed E-state index contributed by atoms with van der Waals surface area (Å²) in [6, 6.07) is 17.0. The van der Waals surface area contributed by atoms with E-state index in [4.69, 9.17) is 5.73 Å². The van der Waals surface area contributed by atoms with Crippen molar-refractivity contribution in [3.05, 3.63) is 65.2 Å². The molecular weight excluding hydrogens is 320 g/mol. The van der Waals surface area contributed by atoms with Gasteiger partial charge >= 0.3 is 0 Å². The number of fused-ring (bicyclic) bond motifs is 4. The number of rotatable bonds is 5. The van der Waals surface area contributed by atoms with E-state index in [9.17, 15) is 4.79 Å². The standard InChI is InChI=1S/C23H26N2O/c24-15-7-1-2-12-23(26)25-16-17-8-3-4-9-18(17)19-13-14-20(19)21-10-5-6-11-22(21)25/h3-6,8-11H,1-2,7,12-16,24H2. The molecule has 3 nitrogen and oxygen atoms in total. The number of carbonyl (C=O) groups is 1. The average Bonchev–Trinajstić information content (AvgIpc) is 2.63. The van der Waals surface area contributed by atoms with Crippen LogP contribution in [0.1, 0.15) is 55.2 Å². The lowest BCUT2D eigenvalue weighted by Crippen LogP contribution is -2.32. The first-order valence-electron chi connectivity index (χ1n) is 9.69. The highest BCUT2D eigenvalue weighted by Gasteiger charge is 2.29. The Hall–Kier alpha value is -2.39. The fourth-order valence-electron chi connectivity index (χ4n) is 4.10. The van der Waals surface area contributed by atoms with Gasteiger partial charge in [0.25, 0.3) is 0 Å². The van der Waals surface area contributed by atoms with Crippen molar-refractivity contribution in [2.45, 2.75) is 45.1 Å². The molecule has 2 N–H and O–H groups in total. The van der Waals surface area contributed by atoms with Crippen LogP contribution in [0, 0.1) is 0 Å². The van der Waals surface area contributed by atoms with Crippen molar-refractivity contribution < 1.29 is 4.79 Å². The first-order valence-corrected chi connectivity index (χ1v) is 9.69. The number of carbonyl (C=O) groups excluding carboxylic acids is 1. The molecule has 0 atom stereocenters. The molecule has 1 aliphatic carbocycles. The van der Waals surface area contributed by atoms with E-state index in [1.54, 1.807) is 0 Å². The highest BCUT2D eigenvalue weighted by Crippen LogP contribution is 2.48. The molecule has 26 heavy (non-hydrogen) atoms. The van der Waals surface area contributed by atoms with Crippen molar-refractivity contribution in [3.63, 3.8) is 0 Å². The minimum absolute atomic E-state index is 0.215. The van der Waals surface area contributed by atoms with Gasteiger partial charge in [0.05, 0.1) is 12.2 Å². The Bertz CT molecular complexity index is 853. The van der Waals surface area contributed by atoms with Crippen LogP contribution in [0.4, 0.5) is 5.69 Å². The predicted octanol–water partition coefficient (Wildman–Crippen LogP) is 4.76. The number of anilines is 1. The smallest absolute Gasteiger partial charge is 0.227 e. The Morgan fingerprint density at radius 3 is 2.35 bits per heavy atom. The Morgan fingerprint density at radius 2 is 1.58 bits per heavy atom. The number of amides is 1. The molecule has 0 unspecified atom stereocenters. The minimum Gasteiger partial charge on any atom is -0.330 e. The van der Waals surface area contributed by atoms with E-state index in [0.29, 0.717) is 19.5 Å². The van der Waals surface area contributed by atoms with Crippen LogP contribution in [-0.2, 0) is 11.3 Å². The molecule has 0 aromatic heterocycles. The van der Waals surface area contributed by atoms with Gasteiger partial charge in [-0.05, 0) is 60.6 Å². The molecule has 1 aliphatic heterocycles. The van der Waals surface area contributed by atoms with E-state index < -0.39 is 0 Å². The van der Waals surface area contributed by atoms with Crippen LogP contribution in [0.15, 0.2) is 48.5 Å². The molecule has 3 heteroatoms. The van der Waals surface area contributed by atoms with Gasteiger partial charge in [-0.15, -0.1) is 0 Å². The van der Waals surface area contributed by atoms with E-state index in [1.807, 2.05) is 11.0 Å². The third kappa shape index (κ3) is 3.08. The normalized spacial score (nSPS) is 15.3. The summed E-state index contributed by atoms with van der Waals surface area (Å²) in [6.07, 6.45) is 5.73. The van der Waals surface area contributed by atoms with Crippen LogP contribution in [-0.4, -0.2) is 12.5 Å². The maximum Gasteiger partial charge on any atom is 0.227 e. The molecule has 0 bridgehead atoms. The predicted molar refractivity (Wildman–Crippen MR) is 108 cm³/mol. The van der Waals surface area contributed by atoms with Gasteiger partial charge in [0.2, 0.25) is 5.91 Å². The third-order valence-electron chi connectivity index (χ3n) is 5.58. The summed E-state index contributed by atoms with van der Waals surface area (Å²) in [5, 5.41) is 0. The van der Waals surface area contributed by atoms with Crippen molar-refractivity contribution in [2.24, 2.45) is 5.73 Å². The van der Waals surface area contributed by atoms with Crippen molar-refractivity contribution in [2.75, 3.05) is 11.4 Å². The molecule has 0 fully saturated rings. The number of hydrogen-bond donors (Lipinski definition) is 1. The summed E-state index contributed by atoms with van der Waals surface area (Å²) in [4.78, 5) is 15.1. The second-order valence-corrected chi connectivity index (χ2v) is 7.21. The van der Waals surface area contributed by atoms with Crippen LogP contribution in [0.5, 0.6) is 0 Å². The van der Waals surface area contributed by atoms with Crippen LogP contribution in [0.25, 0.3) is 11.1 Å². The molecule has 134 valence electrons. The second-order valence-electron chi connectivity index (χ2n) is 7.21. The molecule has 2 aromatic rings. The van der Waals surface area contributed by atoms with Gasteiger partial charge < -0.3 is 10.6 Å². The monoisotopic (exact) mass is 346 g/mol. The van der Waals surface area contributed by atoms with Gasteiger partial charge in [-0.25, -0.2) is 0 Å². The van der Waals surface area contributed by atoms with Gasteiger partial charge in [-0.3, -0.25) is 4.79 Å². The van der Waals surface area contributed by atoms with Crippen LogP contribution in [0.2, 0.25) is 0 Å². The third-order valence-corrected chi connectivity index (χ3v) is 5.58. The highest BCUT2D eigenvalue weighted by atomic mass is 16.2. The second kappa shape index (κ2) is 7.46. The van der Waals surface area contributed by atoms with Gasteiger partial charge in [0, 0.05) is 12.0 Å². The molecule has 0 saturated heterocycles. The van der Waals surface area contributed by atoms with Crippen LogP contribution < -0.4 is 10.6 Å². The number of hydrogen-bond acceptors (Lipinski definition) is 2. The Labute approximate surface area is 155 Å². The van der Waals surface area contributed by atoms with Gasteiger partial charge in [-0.2, -0.15) is 0 Å². The summed E-state index contributed by atoms with van der Waals surface area (Å²) in [7, 11) is 0. The van der Waals surface area contributed by atoms with Crippen LogP contribution in [0.3, 0.4) is 0 Å². The average molecular weight is 346 g/mol. The summed E-state index contributed by atoms with van der Waals surface area (Å²) < 4.78 is 0. The molecule has 1 amide bonds. The van der Waals surface area contributed by atoms with Crippen molar-refractivity contribution in [1.82, 2.24) is 0 Å². The highest BCUT2D eigenvalue weighted by molar-refractivity contribution is 6.04. The molecular formula is C23H26N2O. The van der Waals surface area contributed by atoms with E-state index in [1.165, 1.54) is 27.8 Å². The van der Waals surface area contributed by atoms with E-state index in [2.05, 4.69) is 42.5 Å². The topological polar surface area (TPSA) is 46.3 Å². The molecule has 0 saturated carbocycles. The number of nitrogens with zero attached hydrogens (tertiary/aromatic N) is 1. The first kappa shape index (κ1) is 17.0. The Morgan fingerprint density at radius 1 is 0.885 bits per heavy atom. The summed E-state index contributed by atoms with van der Waals surface area (Å²) in [6.45, 7) is 1.35. The molecule has 4 rings (SSSR count). The summed E-state index contributed by atoms with van der Waals surface area (Å²) >= 11 is 0. The summed E-state index contributed by atoms with van der Waals surface area (Å²) in [5.74, 6) is 0.215. The number of benzene rings is 2. The zero-order valence-electron chi connectivity index (χ0n) is 15.2. The fraction of sp³-hybridized carbons (Fsp3) is 0.348. The Balaban J connectivity index is 1.72. The molecule has 0 spiro atoms. The molecule has 1 heterocycles. The molecule has 2 aliphatic rings. The van der Waals surface area contributed by atoms with Crippen LogP contribution >= 0.6 is 0 Å². The summed E-state index contributed by atoms with van der Waals surface area (Å²) in [5.41, 5.74) is 13.3. The zero-order valence-corrected chi connectivity index (χ0v) is 15.2. The lowest BCUT2D eigenvalue weighted by atomic mass is 9.77. The number of nitrogens with two attached hydrogens (primary N) is 1. The lowest BCUT2D eigenvalue weighted by molar-refractivity contribution is -0.118. The van der Waals surface area contributed by atoms with E-state index in [0.717, 1.165) is 37.8 Å².